The quantitative estimate of drug-likeness (QED) is 0.907. The Morgan fingerprint density at radius 2 is 2.29 bits per heavy atom. The maximum Gasteiger partial charge on any atom is 0.264 e. The highest BCUT2D eigenvalue weighted by Crippen LogP contribution is 2.24. The third kappa shape index (κ3) is 4.48. The Morgan fingerprint density at radius 3 is 3.04 bits per heavy atom. The molecule has 5 nitrogen and oxygen atoms in total. The monoisotopic (exact) mass is 350 g/mol. The Hall–Kier alpha value is -1.59. The molecule has 1 fully saturated rings. The third-order valence-electron chi connectivity index (χ3n) is 4.36. The lowest BCUT2D eigenvalue weighted by Crippen LogP contribution is -2.48. The summed E-state index contributed by atoms with van der Waals surface area (Å²) < 4.78 is 5.68. The molecule has 2 atom stereocenters. The van der Waals surface area contributed by atoms with Crippen LogP contribution in [-0.4, -0.2) is 36.0 Å². The van der Waals surface area contributed by atoms with E-state index in [1.54, 1.807) is 0 Å². The van der Waals surface area contributed by atoms with Crippen LogP contribution in [0.5, 0.6) is 0 Å². The fourth-order valence-electron chi connectivity index (χ4n) is 3.20. The van der Waals surface area contributed by atoms with E-state index in [-0.39, 0.29) is 17.6 Å². The number of halogens is 1. The van der Waals surface area contributed by atoms with Gasteiger partial charge in [-0.05, 0) is 44.4 Å². The van der Waals surface area contributed by atoms with Crippen LogP contribution >= 0.6 is 11.6 Å². The number of carbonyl (C=O) groups is 1. The minimum atomic E-state index is -0.537. The molecule has 2 aliphatic rings. The molecule has 0 spiro atoms. The van der Waals surface area contributed by atoms with Crippen LogP contribution in [0, 0.1) is 0 Å². The fraction of sp³-hybridized carbons (Fsp3) is 0.556. The number of hydrogen-bond acceptors (Lipinski definition) is 4. The zero-order chi connectivity index (χ0) is 17.2. The van der Waals surface area contributed by atoms with Crippen molar-refractivity contribution in [3.63, 3.8) is 0 Å². The Labute approximate surface area is 147 Å². The van der Waals surface area contributed by atoms with Crippen molar-refractivity contribution >= 4 is 23.2 Å². The zero-order valence-electron chi connectivity index (χ0n) is 14.0. The van der Waals surface area contributed by atoms with Gasteiger partial charge in [-0.15, -0.1) is 0 Å². The van der Waals surface area contributed by atoms with Crippen LogP contribution in [-0.2, 0) is 20.8 Å². The number of hydrogen-bond donors (Lipinski definition) is 1. The van der Waals surface area contributed by atoms with Crippen molar-refractivity contribution in [3.05, 3.63) is 34.9 Å². The van der Waals surface area contributed by atoms with E-state index >= 15 is 0 Å². The maximum atomic E-state index is 12.4. The van der Waals surface area contributed by atoms with E-state index in [0.29, 0.717) is 24.5 Å². The van der Waals surface area contributed by atoms with Crippen LogP contribution in [0.3, 0.4) is 0 Å². The smallest absolute Gasteiger partial charge is 0.264 e. The molecule has 24 heavy (non-hydrogen) atoms. The minimum Gasteiger partial charge on any atom is -0.382 e. The molecule has 3 rings (SSSR count). The van der Waals surface area contributed by atoms with Crippen LogP contribution < -0.4 is 5.32 Å². The molecule has 0 radical (unpaired) electrons. The summed E-state index contributed by atoms with van der Waals surface area (Å²) in [6.07, 6.45) is 2.27. The lowest BCUT2D eigenvalue weighted by Gasteiger charge is -2.36. The first-order valence-corrected chi connectivity index (χ1v) is 8.69. The van der Waals surface area contributed by atoms with Crippen molar-refractivity contribution in [2.75, 3.05) is 6.61 Å². The summed E-state index contributed by atoms with van der Waals surface area (Å²) in [4.78, 5) is 17.7. The average molecular weight is 351 g/mol. The number of oxime groups is 1. The Morgan fingerprint density at radius 1 is 1.46 bits per heavy atom. The zero-order valence-corrected chi connectivity index (χ0v) is 14.8. The second kappa shape index (κ2) is 7.11. The van der Waals surface area contributed by atoms with Gasteiger partial charge in [0, 0.05) is 30.5 Å². The predicted molar refractivity (Wildman–Crippen MR) is 93.3 cm³/mol. The van der Waals surface area contributed by atoms with E-state index in [1.165, 1.54) is 0 Å². The number of benzene rings is 1. The van der Waals surface area contributed by atoms with Crippen molar-refractivity contribution in [2.45, 2.75) is 57.3 Å². The first-order chi connectivity index (χ1) is 11.4. The molecule has 2 heterocycles. The van der Waals surface area contributed by atoms with E-state index in [1.807, 2.05) is 38.1 Å². The number of amides is 1. The number of nitrogens with one attached hydrogen (secondary N) is 1. The standard InChI is InChI=1S/C18H23ClN2O3/c1-18(2)11-14(6-7-23-18)20-17(22)16-10-15(21-24-16)9-12-4-3-5-13(19)8-12/h3-5,8,14,16H,6-7,9-11H2,1-2H3,(H,20,22)/t14-,16+/m1/s1. The molecule has 2 aliphatic heterocycles. The molecular weight excluding hydrogens is 328 g/mol. The Balaban J connectivity index is 1.50. The first kappa shape index (κ1) is 17.2. The molecule has 6 heteroatoms. The number of rotatable bonds is 4. The van der Waals surface area contributed by atoms with Crippen molar-refractivity contribution in [2.24, 2.45) is 5.16 Å². The molecule has 130 valence electrons. The van der Waals surface area contributed by atoms with Gasteiger partial charge >= 0.3 is 0 Å². The summed E-state index contributed by atoms with van der Waals surface area (Å²) in [5, 5.41) is 7.84. The second-order valence-electron chi connectivity index (χ2n) is 7.07. The molecule has 0 saturated carbocycles. The highest BCUT2D eigenvalue weighted by atomic mass is 35.5. The molecule has 1 amide bonds. The number of nitrogens with zero attached hydrogens (tertiary/aromatic N) is 1. The van der Waals surface area contributed by atoms with Crippen molar-refractivity contribution in [3.8, 4) is 0 Å². The fourth-order valence-corrected chi connectivity index (χ4v) is 3.42. The lowest BCUT2D eigenvalue weighted by atomic mass is 9.93. The molecule has 0 unspecified atom stereocenters. The highest BCUT2D eigenvalue weighted by Gasteiger charge is 2.33. The maximum absolute atomic E-state index is 12.4. The van der Waals surface area contributed by atoms with Gasteiger partial charge in [0.2, 0.25) is 6.10 Å². The van der Waals surface area contributed by atoms with Crippen molar-refractivity contribution in [1.29, 1.82) is 0 Å². The summed E-state index contributed by atoms with van der Waals surface area (Å²) in [5.41, 5.74) is 1.74. The normalized spacial score (nSPS) is 25.7. The second-order valence-corrected chi connectivity index (χ2v) is 7.51. The van der Waals surface area contributed by atoms with Gasteiger partial charge in [-0.3, -0.25) is 4.79 Å². The van der Waals surface area contributed by atoms with Crippen LogP contribution in [0.15, 0.2) is 29.4 Å². The van der Waals surface area contributed by atoms with Crippen LogP contribution in [0.1, 0.15) is 38.7 Å². The van der Waals surface area contributed by atoms with E-state index in [9.17, 15) is 4.79 Å². The summed E-state index contributed by atoms with van der Waals surface area (Å²) in [7, 11) is 0. The third-order valence-corrected chi connectivity index (χ3v) is 4.60. The van der Waals surface area contributed by atoms with Gasteiger partial charge in [0.15, 0.2) is 0 Å². The van der Waals surface area contributed by atoms with E-state index in [4.69, 9.17) is 21.2 Å². The van der Waals surface area contributed by atoms with Crippen LogP contribution in [0.4, 0.5) is 0 Å². The summed E-state index contributed by atoms with van der Waals surface area (Å²) in [6.45, 7) is 4.76. The summed E-state index contributed by atoms with van der Waals surface area (Å²) in [6, 6.07) is 7.77. The van der Waals surface area contributed by atoms with Crippen LogP contribution in [0.2, 0.25) is 5.02 Å². The Bertz CT molecular complexity index is 645. The largest absolute Gasteiger partial charge is 0.382 e. The average Bonchev–Trinajstić information content (AvgIpc) is 2.95. The molecule has 1 aromatic rings. The molecular formula is C18H23ClN2O3. The van der Waals surface area contributed by atoms with Crippen molar-refractivity contribution < 1.29 is 14.4 Å². The predicted octanol–water partition coefficient (Wildman–Crippen LogP) is 3.10. The number of ether oxygens (including phenoxy) is 1. The van der Waals surface area contributed by atoms with Gasteiger partial charge < -0.3 is 14.9 Å². The van der Waals surface area contributed by atoms with Gasteiger partial charge in [-0.1, -0.05) is 28.9 Å². The van der Waals surface area contributed by atoms with Gasteiger partial charge in [0.05, 0.1) is 11.3 Å². The SMILES string of the molecule is CC1(C)C[C@H](NC(=O)[C@@H]2CC(Cc3cccc(Cl)c3)=NO2)CCO1. The van der Waals surface area contributed by atoms with Gasteiger partial charge in [0.1, 0.15) is 0 Å². The van der Waals surface area contributed by atoms with E-state index in [2.05, 4.69) is 10.5 Å². The topological polar surface area (TPSA) is 59.9 Å². The molecule has 1 saturated heterocycles. The number of carbonyl (C=O) groups excluding carboxylic acids is 1. The van der Waals surface area contributed by atoms with Gasteiger partial charge in [-0.2, -0.15) is 0 Å². The molecule has 0 aromatic heterocycles. The van der Waals surface area contributed by atoms with E-state index in [0.717, 1.165) is 24.1 Å². The highest BCUT2D eigenvalue weighted by molar-refractivity contribution is 6.30. The molecule has 0 bridgehead atoms. The van der Waals surface area contributed by atoms with E-state index < -0.39 is 6.10 Å². The molecule has 1 N–H and O–H groups in total. The van der Waals surface area contributed by atoms with Crippen molar-refractivity contribution in [1.82, 2.24) is 5.32 Å². The lowest BCUT2D eigenvalue weighted by molar-refractivity contribution is -0.134. The summed E-state index contributed by atoms with van der Waals surface area (Å²) in [5.74, 6) is -0.0949. The molecule has 0 aliphatic carbocycles. The Kier molecular flexibility index (Phi) is 5.11. The minimum absolute atomic E-state index is 0.0949. The van der Waals surface area contributed by atoms with Gasteiger partial charge in [-0.25, -0.2) is 0 Å². The van der Waals surface area contributed by atoms with Gasteiger partial charge in [0.25, 0.3) is 5.91 Å². The first-order valence-electron chi connectivity index (χ1n) is 8.32. The molecule has 1 aromatic carbocycles. The summed E-state index contributed by atoms with van der Waals surface area (Å²) >= 11 is 6.00. The van der Waals surface area contributed by atoms with Crippen LogP contribution in [0.25, 0.3) is 0 Å².